The fourth-order valence-corrected chi connectivity index (χ4v) is 1.30. The van der Waals surface area contributed by atoms with Crippen LogP contribution in [0.1, 0.15) is 55.4 Å². The highest BCUT2D eigenvalue weighted by Gasteiger charge is 2.25. The van der Waals surface area contributed by atoms with Crippen molar-refractivity contribution < 1.29 is 4.58 Å². The molecule has 0 bridgehead atoms. The van der Waals surface area contributed by atoms with Gasteiger partial charge in [-0.15, -0.1) is 0 Å². The van der Waals surface area contributed by atoms with Gasteiger partial charge in [-0.05, 0) is 47.5 Å². The molecule has 2 nitrogen and oxygen atoms in total. The van der Waals surface area contributed by atoms with Crippen LogP contribution in [0, 0.1) is 5.92 Å². The van der Waals surface area contributed by atoms with Crippen molar-refractivity contribution in [3.8, 4) is 0 Å². The number of nitrogens with one attached hydrogen (secondary N) is 1. The molecule has 0 aromatic rings. The van der Waals surface area contributed by atoms with Crippen molar-refractivity contribution in [1.29, 1.82) is 0 Å². The molecular formula is C13H29N2+. The van der Waals surface area contributed by atoms with E-state index in [-0.39, 0.29) is 5.54 Å². The Hall–Kier alpha value is -0.530. The van der Waals surface area contributed by atoms with Crippen molar-refractivity contribution in [1.82, 2.24) is 5.32 Å². The van der Waals surface area contributed by atoms with E-state index in [0.29, 0.717) is 18.0 Å². The molecule has 0 aromatic carbocycles. The summed E-state index contributed by atoms with van der Waals surface area (Å²) in [5.41, 5.74) is 0.155. The second kappa shape index (κ2) is 5.53. The topological polar surface area (TPSA) is 15.0 Å². The van der Waals surface area contributed by atoms with E-state index in [1.165, 1.54) is 0 Å². The van der Waals surface area contributed by atoms with E-state index in [0.717, 1.165) is 0 Å². The third-order valence-corrected chi connectivity index (χ3v) is 3.22. The predicted octanol–water partition coefficient (Wildman–Crippen LogP) is 2.87. The van der Waals surface area contributed by atoms with Crippen molar-refractivity contribution in [3.63, 3.8) is 0 Å². The zero-order valence-corrected chi connectivity index (χ0v) is 11.8. The van der Waals surface area contributed by atoms with Crippen LogP contribution in [0.4, 0.5) is 0 Å². The van der Waals surface area contributed by atoms with Crippen LogP contribution < -0.4 is 5.32 Å². The monoisotopic (exact) mass is 213 g/mol. The molecule has 2 heteroatoms. The molecule has 90 valence electrons. The van der Waals surface area contributed by atoms with E-state index in [4.69, 9.17) is 0 Å². The van der Waals surface area contributed by atoms with Gasteiger partial charge in [0.1, 0.15) is 5.54 Å². The molecule has 15 heavy (non-hydrogen) atoms. The van der Waals surface area contributed by atoms with E-state index < -0.39 is 0 Å². The second-order valence-electron chi connectivity index (χ2n) is 5.78. The lowest BCUT2D eigenvalue weighted by atomic mass is 9.91. The Bertz CT molecular complexity index is 203. The summed E-state index contributed by atoms with van der Waals surface area (Å²) >= 11 is 0. The highest BCUT2D eigenvalue weighted by molar-refractivity contribution is 5.49. The minimum absolute atomic E-state index is 0.155. The fourth-order valence-electron chi connectivity index (χ4n) is 1.30. The number of nitrogens with zero attached hydrogens (tertiary/aromatic N) is 1. The van der Waals surface area contributed by atoms with Crippen molar-refractivity contribution in [3.05, 3.63) is 0 Å². The van der Waals surface area contributed by atoms with E-state index in [2.05, 4.69) is 71.6 Å². The van der Waals surface area contributed by atoms with E-state index in [1.807, 2.05) is 0 Å². The molecule has 0 saturated carbocycles. The third kappa shape index (κ3) is 4.67. The molecule has 0 unspecified atom stereocenters. The Labute approximate surface area is 95.8 Å². The van der Waals surface area contributed by atoms with Gasteiger partial charge in [0.05, 0.1) is 12.1 Å². The van der Waals surface area contributed by atoms with E-state index >= 15 is 0 Å². The minimum atomic E-state index is 0.155. The van der Waals surface area contributed by atoms with Crippen molar-refractivity contribution in [2.45, 2.75) is 73.0 Å². The van der Waals surface area contributed by atoms with Crippen LogP contribution in [-0.4, -0.2) is 28.5 Å². The largest absolute Gasteiger partial charge is 0.276 e. The average molecular weight is 213 g/mol. The minimum Gasteiger partial charge on any atom is -0.276 e. The Balaban J connectivity index is 4.60. The molecule has 0 fully saturated rings. The summed E-state index contributed by atoms with van der Waals surface area (Å²) in [7, 11) is 0. The van der Waals surface area contributed by atoms with Gasteiger partial charge in [-0.1, -0.05) is 13.8 Å². The molecule has 0 radical (unpaired) electrons. The van der Waals surface area contributed by atoms with Gasteiger partial charge >= 0.3 is 0 Å². The van der Waals surface area contributed by atoms with Gasteiger partial charge in [0.15, 0.2) is 0 Å². The van der Waals surface area contributed by atoms with Crippen LogP contribution in [0.3, 0.4) is 0 Å². The number of hydrogen-bond acceptors (Lipinski definition) is 0. The average Bonchev–Trinajstić information content (AvgIpc) is 2.02. The first-order chi connectivity index (χ1) is 6.68. The predicted molar refractivity (Wildman–Crippen MR) is 68.6 cm³/mol. The summed E-state index contributed by atoms with van der Waals surface area (Å²) in [5.74, 6) is 0.620. The molecule has 0 rings (SSSR count). The van der Waals surface area contributed by atoms with Crippen molar-refractivity contribution in [2.24, 2.45) is 5.92 Å². The quantitative estimate of drug-likeness (QED) is 0.421. The van der Waals surface area contributed by atoms with Gasteiger partial charge in [0.2, 0.25) is 6.34 Å². The summed E-state index contributed by atoms with van der Waals surface area (Å²) in [6, 6.07) is 1.08. The Morgan fingerprint density at radius 2 is 1.33 bits per heavy atom. The molecule has 0 aromatic heterocycles. The third-order valence-electron chi connectivity index (χ3n) is 3.22. The first-order valence-corrected chi connectivity index (χ1v) is 6.07. The summed E-state index contributed by atoms with van der Waals surface area (Å²) < 4.78 is 2.35. The summed E-state index contributed by atoms with van der Waals surface area (Å²) in [4.78, 5) is 0. The normalized spacial score (nSPS) is 12.5. The lowest BCUT2D eigenvalue weighted by Gasteiger charge is -2.26. The highest BCUT2D eigenvalue weighted by atomic mass is 15.1. The van der Waals surface area contributed by atoms with E-state index in [9.17, 15) is 0 Å². The van der Waals surface area contributed by atoms with Gasteiger partial charge in [0.25, 0.3) is 0 Å². The Kier molecular flexibility index (Phi) is 5.33. The molecule has 1 N–H and O–H groups in total. The molecule has 0 heterocycles. The van der Waals surface area contributed by atoms with Gasteiger partial charge in [-0.25, -0.2) is 0 Å². The first kappa shape index (κ1) is 14.5. The summed E-state index contributed by atoms with van der Waals surface area (Å²) in [6.07, 6.45) is 2.15. The van der Waals surface area contributed by atoms with E-state index in [1.54, 1.807) is 0 Å². The molecule has 0 aliphatic carbocycles. The zero-order valence-electron chi connectivity index (χ0n) is 11.8. The van der Waals surface area contributed by atoms with Gasteiger partial charge in [-0.3, -0.25) is 9.89 Å². The second-order valence-corrected chi connectivity index (χ2v) is 5.78. The fraction of sp³-hybridized carbons (Fsp3) is 0.923. The van der Waals surface area contributed by atoms with Gasteiger partial charge in [-0.2, -0.15) is 0 Å². The van der Waals surface area contributed by atoms with Crippen LogP contribution >= 0.6 is 0 Å². The first-order valence-electron chi connectivity index (χ1n) is 6.07. The molecule has 0 aliphatic rings. The van der Waals surface area contributed by atoms with Crippen LogP contribution in [0.25, 0.3) is 0 Å². The number of rotatable bonds is 5. The van der Waals surface area contributed by atoms with Crippen LogP contribution in [0.15, 0.2) is 0 Å². The SMILES string of the molecule is CC(C)[N+](=CNC(C)(C)C(C)C)C(C)C. The smallest absolute Gasteiger partial charge is 0.232 e. The maximum absolute atomic E-state index is 3.52. The van der Waals surface area contributed by atoms with Crippen LogP contribution in [0.5, 0.6) is 0 Å². The van der Waals surface area contributed by atoms with Gasteiger partial charge < -0.3 is 0 Å². The molecular weight excluding hydrogens is 184 g/mol. The lowest BCUT2D eigenvalue weighted by molar-refractivity contribution is -0.585. The maximum atomic E-state index is 3.52. The molecule has 0 amide bonds. The van der Waals surface area contributed by atoms with Crippen LogP contribution in [0.2, 0.25) is 0 Å². The van der Waals surface area contributed by atoms with Gasteiger partial charge in [0, 0.05) is 0 Å². The highest BCUT2D eigenvalue weighted by Crippen LogP contribution is 2.13. The summed E-state index contributed by atoms with van der Waals surface area (Å²) in [6.45, 7) is 17.9. The standard InChI is InChI=1S/C13H28N2/c1-10(2)13(7,8)14-9-15(11(3)4)12(5)6/h9-12H,1-8H3/p+1. The lowest BCUT2D eigenvalue weighted by Crippen LogP contribution is -2.46. The molecule has 0 spiro atoms. The summed E-state index contributed by atoms with van der Waals surface area (Å²) in [5, 5.41) is 3.52. The maximum Gasteiger partial charge on any atom is 0.232 e. The molecule has 0 atom stereocenters. The Morgan fingerprint density at radius 3 is 1.60 bits per heavy atom. The number of hydrogen-bond donors (Lipinski definition) is 1. The Morgan fingerprint density at radius 1 is 0.933 bits per heavy atom. The van der Waals surface area contributed by atoms with Crippen LogP contribution in [-0.2, 0) is 0 Å². The molecule has 0 aliphatic heterocycles. The van der Waals surface area contributed by atoms with Crippen molar-refractivity contribution in [2.75, 3.05) is 0 Å². The zero-order chi connectivity index (χ0) is 12.2. The van der Waals surface area contributed by atoms with Crippen molar-refractivity contribution >= 4 is 6.34 Å². The molecule has 0 saturated heterocycles.